The summed E-state index contributed by atoms with van der Waals surface area (Å²) in [6.45, 7) is 7.20. The highest BCUT2D eigenvalue weighted by Gasteiger charge is 2.48. The molecule has 0 radical (unpaired) electrons. The molecule has 170 valence electrons. The number of thioether (sulfide) groups is 1. The van der Waals surface area contributed by atoms with Crippen LogP contribution in [0.5, 0.6) is 0 Å². The van der Waals surface area contributed by atoms with Gasteiger partial charge in [0.25, 0.3) is 5.91 Å². The minimum absolute atomic E-state index is 0.203. The van der Waals surface area contributed by atoms with E-state index in [0.29, 0.717) is 11.1 Å². The van der Waals surface area contributed by atoms with Crippen molar-refractivity contribution < 1.29 is 9.39 Å². The number of hydrogen-bond acceptors (Lipinski definition) is 6. The van der Waals surface area contributed by atoms with E-state index in [9.17, 15) is 4.79 Å². The van der Waals surface area contributed by atoms with Crippen molar-refractivity contribution >= 4 is 23.5 Å². The van der Waals surface area contributed by atoms with Gasteiger partial charge in [-0.1, -0.05) is 6.07 Å². The van der Waals surface area contributed by atoms with Crippen molar-refractivity contribution in [3.05, 3.63) is 71.9 Å². The van der Waals surface area contributed by atoms with Crippen LogP contribution in [-0.4, -0.2) is 86.1 Å². The van der Waals surface area contributed by atoms with E-state index in [1.807, 2.05) is 46.5 Å². The fourth-order valence-electron chi connectivity index (χ4n) is 5.19. The smallest absolute Gasteiger partial charge is 0.256 e. The number of fused-ring (bicyclic) bond motifs is 1. The van der Waals surface area contributed by atoms with Crippen LogP contribution in [0, 0.1) is 6.92 Å². The number of amides is 1. The van der Waals surface area contributed by atoms with Crippen LogP contribution >= 0.6 is 11.8 Å². The molecule has 2 fully saturated rings. The SMILES string of the molecule is Cc1cc(N2CCN([N@@+]34C=CC=C3C=C(C(=O)N3CCSC3)C4)CC2)n(-c2ccccn2)n1. The van der Waals surface area contributed by atoms with Crippen molar-refractivity contribution in [3.63, 3.8) is 0 Å². The van der Waals surface area contributed by atoms with E-state index in [0.717, 1.165) is 67.3 Å². The lowest BCUT2D eigenvalue weighted by molar-refractivity contribution is -0.948. The summed E-state index contributed by atoms with van der Waals surface area (Å²) < 4.78 is 2.59. The van der Waals surface area contributed by atoms with Crippen molar-refractivity contribution in [1.29, 1.82) is 0 Å². The van der Waals surface area contributed by atoms with E-state index in [2.05, 4.69) is 45.4 Å². The summed E-state index contributed by atoms with van der Waals surface area (Å²) in [5, 5.41) is 7.19. The summed E-state index contributed by atoms with van der Waals surface area (Å²) in [7, 11) is 0. The van der Waals surface area contributed by atoms with Gasteiger partial charge in [0.1, 0.15) is 18.6 Å². The van der Waals surface area contributed by atoms with E-state index in [4.69, 9.17) is 5.10 Å². The standard InChI is InChI=1S/C24H28N7OS/c1-19-15-23(30(26-19)22-6-2-3-7-25-22)27-8-10-29(11-9-27)31-13-4-5-21(31)16-20(17-31)24(32)28-12-14-33-18-28/h2-7,13,15-16H,8-12,14,17-18H2,1H3/q+1/t31-/m1/s1. The molecule has 0 N–H and O–H groups in total. The van der Waals surface area contributed by atoms with Crippen molar-refractivity contribution in [2.75, 3.05) is 55.8 Å². The van der Waals surface area contributed by atoms with E-state index in [1.165, 1.54) is 5.70 Å². The summed E-state index contributed by atoms with van der Waals surface area (Å²) in [6.07, 6.45) is 10.5. The van der Waals surface area contributed by atoms with Gasteiger partial charge in [0, 0.05) is 49.8 Å². The fourth-order valence-corrected chi connectivity index (χ4v) is 6.14. The number of piperazine rings is 1. The van der Waals surface area contributed by atoms with Crippen molar-refractivity contribution in [3.8, 4) is 5.82 Å². The third-order valence-electron chi connectivity index (χ3n) is 6.86. The minimum Gasteiger partial charge on any atom is -0.353 e. The van der Waals surface area contributed by atoms with Crippen LogP contribution in [0.15, 0.2) is 66.2 Å². The number of rotatable bonds is 4. The third-order valence-corrected chi connectivity index (χ3v) is 7.82. The van der Waals surface area contributed by atoms with Gasteiger partial charge >= 0.3 is 0 Å². The predicted octanol–water partition coefficient (Wildman–Crippen LogP) is 2.31. The number of allylic oxidation sites excluding steroid dienone is 3. The van der Waals surface area contributed by atoms with Crippen molar-refractivity contribution in [1.82, 2.24) is 24.7 Å². The lowest BCUT2D eigenvalue weighted by Gasteiger charge is -2.44. The van der Waals surface area contributed by atoms with Crippen LogP contribution in [0.25, 0.3) is 5.82 Å². The number of aryl methyl sites for hydroxylation is 1. The maximum absolute atomic E-state index is 13.1. The third kappa shape index (κ3) is 3.51. The molecule has 0 spiro atoms. The Balaban J connectivity index is 1.18. The van der Waals surface area contributed by atoms with Gasteiger partial charge in [0.2, 0.25) is 0 Å². The number of pyridine rings is 1. The molecule has 9 heteroatoms. The highest BCUT2D eigenvalue weighted by molar-refractivity contribution is 7.99. The normalized spacial score (nSPS) is 24.9. The average Bonchev–Trinajstić information content (AvgIpc) is 3.62. The Morgan fingerprint density at radius 2 is 2.03 bits per heavy atom. The molecule has 0 aliphatic carbocycles. The van der Waals surface area contributed by atoms with E-state index in [-0.39, 0.29) is 5.91 Å². The van der Waals surface area contributed by atoms with E-state index < -0.39 is 0 Å². The molecule has 0 unspecified atom stereocenters. The molecule has 2 aromatic rings. The highest BCUT2D eigenvalue weighted by atomic mass is 32.2. The number of hydrogen-bond donors (Lipinski definition) is 0. The number of quaternary nitrogens is 1. The molecule has 4 aliphatic heterocycles. The Kier molecular flexibility index (Phi) is 5.12. The molecule has 4 aliphatic rings. The average molecular weight is 463 g/mol. The summed E-state index contributed by atoms with van der Waals surface area (Å²) in [4.78, 5) is 21.9. The van der Waals surface area contributed by atoms with Crippen LogP contribution in [0.4, 0.5) is 5.82 Å². The van der Waals surface area contributed by atoms with Crippen molar-refractivity contribution in [2.24, 2.45) is 0 Å². The monoisotopic (exact) mass is 462 g/mol. The Bertz CT molecular complexity index is 1160. The van der Waals surface area contributed by atoms with Crippen LogP contribution in [0.2, 0.25) is 0 Å². The molecule has 8 nitrogen and oxygen atoms in total. The lowest BCUT2D eigenvalue weighted by Crippen LogP contribution is -2.60. The van der Waals surface area contributed by atoms with Crippen LogP contribution in [0.3, 0.4) is 0 Å². The van der Waals surface area contributed by atoms with Gasteiger partial charge in [-0.2, -0.15) is 14.4 Å². The van der Waals surface area contributed by atoms with Gasteiger partial charge in [0.05, 0.1) is 30.2 Å². The second-order valence-electron chi connectivity index (χ2n) is 8.88. The number of carbonyl (C=O) groups is 1. The van der Waals surface area contributed by atoms with Crippen LogP contribution < -0.4 is 4.90 Å². The van der Waals surface area contributed by atoms with Gasteiger partial charge in [0.15, 0.2) is 11.5 Å². The molecule has 33 heavy (non-hydrogen) atoms. The zero-order valence-corrected chi connectivity index (χ0v) is 19.6. The first-order valence-corrected chi connectivity index (χ1v) is 12.6. The first-order valence-electron chi connectivity index (χ1n) is 11.5. The molecule has 6 heterocycles. The van der Waals surface area contributed by atoms with Gasteiger partial charge < -0.3 is 9.80 Å². The first-order chi connectivity index (χ1) is 16.1. The van der Waals surface area contributed by atoms with E-state index in [1.54, 1.807) is 6.20 Å². The highest BCUT2D eigenvalue weighted by Crippen LogP contribution is 2.38. The molecule has 2 aromatic heterocycles. The molecule has 1 atom stereocenters. The van der Waals surface area contributed by atoms with Crippen molar-refractivity contribution in [2.45, 2.75) is 6.92 Å². The van der Waals surface area contributed by atoms with E-state index >= 15 is 0 Å². The first kappa shape index (κ1) is 20.7. The maximum atomic E-state index is 13.1. The van der Waals surface area contributed by atoms with Crippen LogP contribution in [-0.2, 0) is 4.79 Å². The zero-order valence-electron chi connectivity index (χ0n) is 18.8. The summed E-state index contributed by atoms with van der Waals surface area (Å²) >= 11 is 1.83. The van der Waals surface area contributed by atoms with Gasteiger partial charge in [-0.25, -0.2) is 4.98 Å². The quantitative estimate of drug-likeness (QED) is 0.650. The minimum atomic E-state index is 0.203. The molecular formula is C24H28N7OS+. The number of carbonyl (C=O) groups excluding carboxylic acids is 1. The number of nitrogens with zero attached hydrogens (tertiary/aromatic N) is 7. The van der Waals surface area contributed by atoms with Gasteiger partial charge in [-0.3, -0.25) is 4.79 Å². The largest absolute Gasteiger partial charge is 0.353 e. The molecule has 0 aromatic carbocycles. The Morgan fingerprint density at radius 1 is 1.15 bits per heavy atom. The number of aromatic nitrogens is 3. The van der Waals surface area contributed by atoms with Gasteiger partial charge in [-0.05, 0) is 25.1 Å². The molecule has 1 amide bonds. The van der Waals surface area contributed by atoms with Gasteiger partial charge in [-0.15, -0.1) is 16.8 Å². The predicted molar refractivity (Wildman–Crippen MR) is 129 cm³/mol. The topological polar surface area (TPSA) is 57.5 Å². The van der Waals surface area contributed by atoms with Crippen LogP contribution in [0.1, 0.15) is 5.69 Å². The lowest BCUT2D eigenvalue weighted by atomic mass is 10.2. The molecular weight excluding hydrogens is 434 g/mol. The Labute approximate surface area is 198 Å². The molecule has 6 rings (SSSR count). The zero-order chi connectivity index (χ0) is 22.4. The summed E-state index contributed by atoms with van der Waals surface area (Å²) in [6, 6.07) is 8.04. The second kappa shape index (κ2) is 8.16. The molecule has 0 bridgehead atoms. The second-order valence-corrected chi connectivity index (χ2v) is 9.95. The maximum Gasteiger partial charge on any atom is 0.256 e. The molecule has 2 saturated heterocycles. The summed E-state index contributed by atoms with van der Waals surface area (Å²) in [5.74, 6) is 3.98. The molecule has 0 saturated carbocycles. The summed E-state index contributed by atoms with van der Waals surface area (Å²) in [5.41, 5.74) is 3.12. The fraction of sp³-hybridized carbons (Fsp3) is 0.375. The Hall–Kier alpha value is -2.88. The number of anilines is 1. The Morgan fingerprint density at radius 3 is 2.79 bits per heavy atom.